The van der Waals surface area contributed by atoms with Crippen LogP contribution in [0, 0.1) is 0 Å². The van der Waals surface area contributed by atoms with E-state index in [1.54, 1.807) is 17.9 Å². The molecule has 0 unspecified atom stereocenters. The van der Waals surface area contributed by atoms with Gasteiger partial charge < -0.3 is 10.1 Å². The number of carbonyl (C=O) groups excluding carboxylic acids is 1. The van der Waals surface area contributed by atoms with Crippen LogP contribution < -0.4 is 15.0 Å². The summed E-state index contributed by atoms with van der Waals surface area (Å²) < 4.78 is 33.1. The highest BCUT2D eigenvalue weighted by molar-refractivity contribution is 5.92. The largest absolute Gasteiger partial charge is 0.487 e. The van der Waals surface area contributed by atoms with Crippen molar-refractivity contribution in [1.82, 2.24) is 5.32 Å². The lowest BCUT2D eigenvalue weighted by atomic mass is 10.1. The summed E-state index contributed by atoms with van der Waals surface area (Å²) in [5, 5.41) is 2.80. The number of hydrogen-bond acceptors (Lipinski definition) is 2. The zero-order valence-corrected chi connectivity index (χ0v) is 14.0. The van der Waals surface area contributed by atoms with Crippen LogP contribution in [-0.2, 0) is 0 Å². The van der Waals surface area contributed by atoms with Crippen LogP contribution in [0.4, 0.5) is 19.3 Å². The number of nitrogens with zero attached hydrogens (tertiary/aromatic N) is 1. The normalized spacial score (nSPS) is 18.5. The SMILES string of the molecule is CCCC(F)(F)COc1cc(N2CCCNC2=O)ccc1C1CC1. The maximum Gasteiger partial charge on any atom is 0.321 e. The van der Waals surface area contributed by atoms with Gasteiger partial charge >= 0.3 is 6.03 Å². The molecule has 1 aliphatic heterocycles. The first-order chi connectivity index (χ1) is 11.5. The predicted octanol–water partition coefficient (Wildman–Crippen LogP) is 4.30. The Morgan fingerprint density at radius 1 is 1.38 bits per heavy atom. The summed E-state index contributed by atoms with van der Waals surface area (Å²) in [6.07, 6.45) is 3.22. The molecule has 4 nitrogen and oxygen atoms in total. The fourth-order valence-corrected chi connectivity index (χ4v) is 3.04. The third-order valence-electron chi connectivity index (χ3n) is 4.46. The number of halogens is 2. The van der Waals surface area contributed by atoms with Gasteiger partial charge in [0.05, 0.1) is 0 Å². The van der Waals surface area contributed by atoms with E-state index >= 15 is 0 Å². The van der Waals surface area contributed by atoms with Gasteiger partial charge in [0.1, 0.15) is 5.75 Å². The summed E-state index contributed by atoms with van der Waals surface area (Å²) in [7, 11) is 0. The first kappa shape index (κ1) is 17.0. The number of hydrogen-bond donors (Lipinski definition) is 1. The van der Waals surface area contributed by atoms with Crippen LogP contribution in [0.15, 0.2) is 18.2 Å². The molecule has 132 valence electrons. The minimum Gasteiger partial charge on any atom is -0.487 e. The van der Waals surface area contributed by atoms with Crippen LogP contribution in [-0.4, -0.2) is 31.7 Å². The highest BCUT2D eigenvalue weighted by atomic mass is 19.3. The fourth-order valence-electron chi connectivity index (χ4n) is 3.04. The summed E-state index contributed by atoms with van der Waals surface area (Å²) in [5.74, 6) is -1.94. The molecule has 6 heteroatoms. The molecule has 1 aliphatic carbocycles. The van der Waals surface area contributed by atoms with Crippen LogP contribution in [0.2, 0.25) is 0 Å². The van der Waals surface area contributed by atoms with Gasteiger partial charge in [0.15, 0.2) is 6.61 Å². The van der Waals surface area contributed by atoms with Crippen LogP contribution in [0.25, 0.3) is 0 Å². The summed E-state index contributed by atoms with van der Waals surface area (Å²) in [4.78, 5) is 13.6. The van der Waals surface area contributed by atoms with E-state index in [-0.39, 0.29) is 12.5 Å². The number of rotatable bonds is 7. The molecule has 1 saturated carbocycles. The van der Waals surface area contributed by atoms with Gasteiger partial charge in [-0.3, -0.25) is 4.90 Å². The van der Waals surface area contributed by atoms with Gasteiger partial charge in [-0.2, -0.15) is 0 Å². The molecule has 0 aromatic heterocycles. The minimum absolute atomic E-state index is 0.150. The van der Waals surface area contributed by atoms with Crippen LogP contribution in [0.5, 0.6) is 5.75 Å². The lowest BCUT2D eigenvalue weighted by molar-refractivity contribution is -0.0482. The number of carbonyl (C=O) groups is 1. The summed E-state index contributed by atoms with van der Waals surface area (Å²) >= 11 is 0. The molecule has 2 fully saturated rings. The topological polar surface area (TPSA) is 41.6 Å². The van der Waals surface area contributed by atoms with Crippen LogP contribution in [0.1, 0.15) is 50.5 Å². The van der Waals surface area contributed by atoms with E-state index in [9.17, 15) is 13.6 Å². The Morgan fingerprint density at radius 3 is 2.83 bits per heavy atom. The Hall–Kier alpha value is -1.85. The van der Waals surface area contributed by atoms with Crippen molar-refractivity contribution >= 4 is 11.7 Å². The molecule has 1 aromatic rings. The van der Waals surface area contributed by atoms with Crippen molar-refractivity contribution in [3.63, 3.8) is 0 Å². The van der Waals surface area contributed by atoms with E-state index in [1.807, 2.05) is 12.1 Å². The Morgan fingerprint density at radius 2 is 2.17 bits per heavy atom. The smallest absolute Gasteiger partial charge is 0.321 e. The van der Waals surface area contributed by atoms with E-state index in [0.717, 1.165) is 24.8 Å². The second kappa shape index (κ2) is 6.95. The average molecular weight is 338 g/mol. The zero-order chi connectivity index (χ0) is 17.2. The number of anilines is 1. The molecule has 1 heterocycles. The van der Waals surface area contributed by atoms with Gasteiger partial charge in [-0.1, -0.05) is 19.4 Å². The van der Waals surface area contributed by atoms with E-state index in [0.29, 0.717) is 36.9 Å². The quantitative estimate of drug-likeness (QED) is 0.805. The van der Waals surface area contributed by atoms with Crippen LogP contribution in [0.3, 0.4) is 0 Å². The van der Waals surface area contributed by atoms with E-state index in [1.165, 1.54) is 0 Å². The van der Waals surface area contributed by atoms with E-state index in [2.05, 4.69) is 5.32 Å². The highest BCUT2D eigenvalue weighted by Crippen LogP contribution is 2.45. The van der Waals surface area contributed by atoms with E-state index < -0.39 is 12.5 Å². The molecular formula is C18H24F2N2O2. The van der Waals surface area contributed by atoms with Gasteiger partial charge in [0.25, 0.3) is 5.92 Å². The maximum absolute atomic E-state index is 13.8. The predicted molar refractivity (Wildman–Crippen MR) is 89.1 cm³/mol. The highest BCUT2D eigenvalue weighted by Gasteiger charge is 2.32. The van der Waals surface area contributed by atoms with Gasteiger partial charge in [-0.05, 0) is 36.8 Å². The van der Waals surface area contributed by atoms with Gasteiger partial charge in [-0.15, -0.1) is 0 Å². The number of ether oxygens (including phenoxy) is 1. The first-order valence-corrected chi connectivity index (χ1v) is 8.70. The van der Waals surface area contributed by atoms with Crippen molar-refractivity contribution < 1.29 is 18.3 Å². The summed E-state index contributed by atoms with van der Waals surface area (Å²) in [6, 6.07) is 5.39. The third kappa shape index (κ3) is 3.97. The minimum atomic E-state index is -2.83. The lowest BCUT2D eigenvalue weighted by Gasteiger charge is -2.28. The molecule has 3 rings (SSSR count). The average Bonchev–Trinajstić information content (AvgIpc) is 3.38. The monoisotopic (exact) mass is 338 g/mol. The molecule has 0 atom stereocenters. The number of amides is 2. The Bertz CT molecular complexity index is 603. The summed E-state index contributed by atoms with van der Waals surface area (Å²) in [5.41, 5.74) is 1.67. The second-order valence-electron chi connectivity index (χ2n) is 6.63. The standard InChI is InChI=1S/C18H24F2N2O2/c1-2-8-18(19,20)12-24-16-11-14(6-7-15(16)13-4-5-13)22-10-3-9-21-17(22)23/h6-7,11,13H,2-5,8-10,12H2,1H3,(H,21,23). The maximum atomic E-state index is 13.8. The van der Waals surface area contributed by atoms with Gasteiger partial charge in [0, 0.05) is 31.3 Å². The summed E-state index contributed by atoms with van der Waals surface area (Å²) in [6.45, 7) is 2.41. The first-order valence-electron chi connectivity index (χ1n) is 8.70. The Labute approximate surface area is 141 Å². The number of nitrogens with one attached hydrogen (secondary N) is 1. The molecule has 24 heavy (non-hydrogen) atoms. The molecule has 1 saturated heterocycles. The Balaban J connectivity index is 1.79. The molecule has 2 amide bonds. The molecular weight excluding hydrogens is 314 g/mol. The van der Waals surface area contributed by atoms with Crippen molar-refractivity contribution in [3.05, 3.63) is 23.8 Å². The Kier molecular flexibility index (Phi) is 4.92. The fraction of sp³-hybridized carbons (Fsp3) is 0.611. The van der Waals surface area contributed by atoms with Gasteiger partial charge in [-0.25, -0.2) is 13.6 Å². The molecule has 2 aliphatic rings. The number of benzene rings is 1. The van der Waals surface area contributed by atoms with Crippen molar-refractivity contribution in [2.45, 2.75) is 50.9 Å². The zero-order valence-electron chi connectivity index (χ0n) is 14.0. The van der Waals surface area contributed by atoms with Crippen LogP contribution >= 0.6 is 0 Å². The van der Waals surface area contributed by atoms with Crippen molar-refractivity contribution in [2.75, 3.05) is 24.6 Å². The number of alkyl halides is 2. The molecule has 0 bridgehead atoms. The van der Waals surface area contributed by atoms with E-state index in [4.69, 9.17) is 4.74 Å². The van der Waals surface area contributed by atoms with Crippen molar-refractivity contribution in [2.24, 2.45) is 0 Å². The molecule has 0 radical (unpaired) electrons. The molecule has 0 spiro atoms. The second-order valence-corrected chi connectivity index (χ2v) is 6.63. The number of urea groups is 1. The van der Waals surface area contributed by atoms with Gasteiger partial charge in [0.2, 0.25) is 0 Å². The van der Waals surface area contributed by atoms with Crippen molar-refractivity contribution in [3.8, 4) is 5.75 Å². The lowest BCUT2D eigenvalue weighted by Crippen LogP contribution is -2.46. The third-order valence-corrected chi connectivity index (χ3v) is 4.46. The van der Waals surface area contributed by atoms with Crippen molar-refractivity contribution in [1.29, 1.82) is 0 Å². The molecule has 1 aromatic carbocycles. The molecule has 1 N–H and O–H groups in total.